The van der Waals surface area contributed by atoms with Gasteiger partial charge in [-0.3, -0.25) is 10.1 Å². The summed E-state index contributed by atoms with van der Waals surface area (Å²) in [5.41, 5.74) is 0.137. The maximum Gasteiger partial charge on any atom is 0.341 e. The third kappa shape index (κ3) is 4.18. The predicted octanol–water partition coefficient (Wildman–Crippen LogP) is 3.36. The highest BCUT2D eigenvalue weighted by molar-refractivity contribution is 7.98. The van der Waals surface area contributed by atoms with Gasteiger partial charge in [-0.2, -0.15) is 0 Å². The smallest absolute Gasteiger partial charge is 0.341 e. The van der Waals surface area contributed by atoms with E-state index < -0.39 is 16.9 Å². The van der Waals surface area contributed by atoms with Gasteiger partial charge in [-0.15, -0.1) is 11.8 Å². The number of hydrogen-bond donors (Lipinski definition) is 0. The van der Waals surface area contributed by atoms with E-state index in [1.54, 1.807) is 13.2 Å². The Morgan fingerprint density at radius 1 is 1.28 bits per heavy atom. The Kier molecular flexibility index (Phi) is 5.81. The molecule has 0 aliphatic rings. The molecule has 0 spiro atoms. The van der Waals surface area contributed by atoms with Gasteiger partial charge in [-0.1, -0.05) is 0 Å². The molecule has 0 bridgehead atoms. The highest BCUT2D eigenvalue weighted by Crippen LogP contribution is 2.28. The standard InChI is InChI=1S/C16H15NO7S/c1-9-12(16(19)22-2)7-11(24-9)8-23-15(18)10-4-5-14(25-3)13(6-10)17(20)21/h4-7H,8H2,1-3H3. The van der Waals surface area contributed by atoms with Gasteiger partial charge in [-0.05, 0) is 31.4 Å². The summed E-state index contributed by atoms with van der Waals surface area (Å²) in [6.07, 6.45) is 1.71. The molecular formula is C16H15NO7S. The number of rotatable bonds is 6. The third-order valence-electron chi connectivity index (χ3n) is 3.33. The Bertz CT molecular complexity index is 828. The van der Waals surface area contributed by atoms with Gasteiger partial charge in [-0.25, -0.2) is 9.59 Å². The van der Waals surface area contributed by atoms with Gasteiger partial charge < -0.3 is 13.9 Å². The Labute approximate surface area is 147 Å². The van der Waals surface area contributed by atoms with Crippen molar-refractivity contribution >= 4 is 29.4 Å². The lowest BCUT2D eigenvalue weighted by atomic mass is 10.2. The molecule has 0 N–H and O–H groups in total. The van der Waals surface area contributed by atoms with Crippen molar-refractivity contribution in [3.05, 3.63) is 57.0 Å². The van der Waals surface area contributed by atoms with Gasteiger partial charge in [0.1, 0.15) is 23.7 Å². The number of nitro benzene ring substituents is 1. The van der Waals surface area contributed by atoms with Gasteiger partial charge in [0.25, 0.3) is 5.69 Å². The molecule has 0 atom stereocenters. The second-order valence-corrected chi connectivity index (χ2v) is 5.74. The summed E-state index contributed by atoms with van der Waals surface area (Å²) < 4.78 is 15.0. The van der Waals surface area contributed by atoms with Crippen LogP contribution in [0.3, 0.4) is 0 Å². The average Bonchev–Trinajstić information content (AvgIpc) is 2.99. The molecule has 0 amide bonds. The van der Waals surface area contributed by atoms with Crippen LogP contribution < -0.4 is 0 Å². The van der Waals surface area contributed by atoms with E-state index >= 15 is 0 Å². The fourth-order valence-corrected chi connectivity index (χ4v) is 2.65. The lowest BCUT2D eigenvalue weighted by molar-refractivity contribution is -0.387. The first-order chi connectivity index (χ1) is 11.9. The number of nitrogens with zero attached hydrogens (tertiary/aromatic N) is 1. The third-order valence-corrected chi connectivity index (χ3v) is 4.12. The van der Waals surface area contributed by atoms with Crippen molar-refractivity contribution < 1.29 is 28.4 Å². The molecule has 8 nitrogen and oxygen atoms in total. The molecule has 0 fully saturated rings. The van der Waals surface area contributed by atoms with Crippen LogP contribution in [-0.2, 0) is 16.1 Å². The number of ether oxygens (including phenoxy) is 2. The number of esters is 2. The summed E-state index contributed by atoms with van der Waals surface area (Å²) in [5.74, 6) is -0.675. The van der Waals surface area contributed by atoms with Gasteiger partial charge in [0, 0.05) is 6.07 Å². The minimum absolute atomic E-state index is 0.0565. The summed E-state index contributed by atoms with van der Waals surface area (Å²) in [7, 11) is 1.25. The minimum atomic E-state index is -0.732. The zero-order chi connectivity index (χ0) is 18.6. The monoisotopic (exact) mass is 365 g/mol. The van der Waals surface area contributed by atoms with Crippen molar-refractivity contribution in [1.29, 1.82) is 0 Å². The number of methoxy groups -OCH3 is 1. The molecule has 0 radical (unpaired) electrons. The molecule has 0 saturated heterocycles. The fraction of sp³-hybridized carbons (Fsp3) is 0.250. The number of aryl methyl sites for hydroxylation is 1. The highest BCUT2D eigenvalue weighted by Gasteiger charge is 2.19. The lowest BCUT2D eigenvalue weighted by Gasteiger charge is -2.05. The highest BCUT2D eigenvalue weighted by atomic mass is 32.2. The summed E-state index contributed by atoms with van der Waals surface area (Å²) in [5, 5.41) is 11.0. The van der Waals surface area contributed by atoms with E-state index in [0.717, 1.165) is 0 Å². The van der Waals surface area contributed by atoms with Crippen molar-refractivity contribution in [3.8, 4) is 0 Å². The Balaban J connectivity index is 2.12. The van der Waals surface area contributed by atoms with Crippen molar-refractivity contribution in [2.45, 2.75) is 18.4 Å². The molecule has 9 heteroatoms. The molecule has 132 valence electrons. The maximum atomic E-state index is 12.1. The van der Waals surface area contributed by atoms with E-state index in [2.05, 4.69) is 4.74 Å². The molecule has 0 aliphatic heterocycles. The number of carbonyl (C=O) groups excluding carboxylic acids is 2. The molecule has 1 heterocycles. The molecule has 0 aliphatic carbocycles. The Morgan fingerprint density at radius 2 is 2.00 bits per heavy atom. The maximum absolute atomic E-state index is 12.1. The van der Waals surface area contributed by atoms with E-state index in [0.29, 0.717) is 10.7 Å². The van der Waals surface area contributed by atoms with Crippen LogP contribution in [0.4, 0.5) is 5.69 Å². The quantitative estimate of drug-likeness (QED) is 0.332. The predicted molar refractivity (Wildman–Crippen MR) is 88.8 cm³/mol. The summed E-state index contributed by atoms with van der Waals surface area (Å²) >= 11 is 1.21. The zero-order valence-corrected chi connectivity index (χ0v) is 14.5. The van der Waals surface area contributed by atoms with Gasteiger partial charge >= 0.3 is 11.9 Å². The Morgan fingerprint density at radius 3 is 2.60 bits per heavy atom. The van der Waals surface area contributed by atoms with Crippen LogP contribution in [0.2, 0.25) is 0 Å². The lowest BCUT2D eigenvalue weighted by Crippen LogP contribution is -2.06. The van der Waals surface area contributed by atoms with Crippen molar-refractivity contribution in [1.82, 2.24) is 0 Å². The van der Waals surface area contributed by atoms with Crippen LogP contribution in [0.25, 0.3) is 0 Å². The van der Waals surface area contributed by atoms with Gasteiger partial charge in [0.2, 0.25) is 0 Å². The number of benzene rings is 1. The summed E-state index contributed by atoms with van der Waals surface area (Å²) in [6.45, 7) is 1.37. The first-order valence-corrected chi connectivity index (χ1v) is 8.27. The van der Waals surface area contributed by atoms with Crippen molar-refractivity contribution in [2.24, 2.45) is 0 Å². The largest absolute Gasteiger partial charge is 0.465 e. The molecule has 2 aromatic rings. The summed E-state index contributed by atoms with van der Waals surface area (Å²) in [6, 6.07) is 5.54. The van der Waals surface area contributed by atoms with Crippen LogP contribution >= 0.6 is 11.8 Å². The van der Waals surface area contributed by atoms with E-state index in [-0.39, 0.29) is 29.2 Å². The minimum Gasteiger partial charge on any atom is -0.465 e. The molecule has 2 rings (SSSR count). The van der Waals surface area contributed by atoms with Crippen molar-refractivity contribution in [3.63, 3.8) is 0 Å². The second kappa shape index (κ2) is 7.84. The fourth-order valence-electron chi connectivity index (χ4n) is 2.11. The first-order valence-electron chi connectivity index (χ1n) is 7.04. The SMILES string of the molecule is COC(=O)c1cc(COC(=O)c2ccc(SC)c([N+](=O)[O-])c2)oc1C. The molecule has 0 unspecified atom stereocenters. The number of nitro groups is 1. The topological polar surface area (TPSA) is 109 Å². The summed E-state index contributed by atoms with van der Waals surface area (Å²) in [4.78, 5) is 34.5. The van der Waals surface area contributed by atoms with E-state index in [4.69, 9.17) is 9.15 Å². The van der Waals surface area contributed by atoms with E-state index in [9.17, 15) is 19.7 Å². The number of hydrogen-bond acceptors (Lipinski definition) is 8. The molecule has 1 aromatic carbocycles. The average molecular weight is 365 g/mol. The second-order valence-electron chi connectivity index (χ2n) is 4.89. The Hall–Kier alpha value is -2.81. The first kappa shape index (κ1) is 18.5. The van der Waals surface area contributed by atoms with E-state index in [1.165, 1.54) is 43.1 Å². The number of furan rings is 1. The van der Waals surface area contributed by atoms with Gasteiger partial charge in [0.15, 0.2) is 0 Å². The van der Waals surface area contributed by atoms with Gasteiger partial charge in [0.05, 0.1) is 22.5 Å². The van der Waals surface area contributed by atoms with Crippen LogP contribution in [0.15, 0.2) is 33.6 Å². The zero-order valence-electron chi connectivity index (χ0n) is 13.7. The van der Waals surface area contributed by atoms with Crippen molar-refractivity contribution in [2.75, 3.05) is 13.4 Å². The molecular weight excluding hydrogens is 350 g/mol. The van der Waals surface area contributed by atoms with Crippen LogP contribution in [0.1, 0.15) is 32.2 Å². The number of thioether (sulfide) groups is 1. The normalized spacial score (nSPS) is 10.4. The molecule has 0 saturated carbocycles. The molecule has 25 heavy (non-hydrogen) atoms. The van der Waals surface area contributed by atoms with Crippen LogP contribution in [0.5, 0.6) is 0 Å². The van der Waals surface area contributed by atoms with Crippen LogP contribution in [-0.4, -0.2) is 30.2 Å². The number of carbonyl (C=O) groups is 2. The molecule has 1 aromatic heterocycles. The van der Waals surface area contributed by atoms with Crippen LogP contribution in [0, 0.1) is 17.0 Å². The van der Waals surface area contributed by atoms with E-state index in [1.807, 2.05) is 0 Å².